The molecule has 22 heavy (non-hydrogen) atoms. The van der Waals surface area contributed by atoms with Crippen molar-refractivity contribution in [3.63, 3.8) is 0 Å². The minimum absolute atomic E-state index is 0.209. The summed E-state index contributed by atoms with van der Waals surface area (Å²) in [5.41, 5.74) is 7.06. The Morgan fingerprint density at radius 2 is 2.23 bits per heavy atom. The summed E-state index contributed by atoms with van der Waals surface area (Å²) < 4.78 is 12.7. The van der Waals surface area contributed by atoms with E-state index in [0.29, 0.717) is 6.61 Å². The third kappa shape index (κ3) is 5.54. The van der Waals surface area contributed by atoms with E-state index in [1.54, 1.807) is 0 Å². The summed E-state index contributed by atoms with van der Waals surface area (Å²) in [6.07, 6.45) is 2.44. The number of halogens is 1. The minimum Gasteiger partial charge on any atom is -0.489 e. The minimum atomic E-state index is -0.209. The highest BCUT2D eigenvalue weighted by molar-refractivity contribution is 9.10. The van der Waals surface area contributed by atoms with Crippen LogP contribution >= 0.6 is 15.9 Å². The molecule has 1 unspecified atom stereocenters. The van der Waals surface area contributed by atoms with E-state index in [9.17, 15) is 0 Å². The second kappa shape index (κ2) is 7.77. The van der Waals surface area contributed by atoms with Gasteiger partial charge in [0.15, 0.2) is 0 Å². The Morgan fingerprint density at radius 3 is 2.86 bits per heavy atom. The molecule has 1 aromatic rings. The van der Waals surface area contributed by atoms with Crippen molar-refractivity contribution in [3.05, 3.63) is 28.2 Å². The number of rotatable bonds is 7. The van der Waals surface area contributed by atoms with Gasteiger partial charge in [0.2, 0.25) is 0 Å². The van der Waals surface area contributed by atoms with Gasteiger partial charge in [-0.05, 0) is 55.7 Å². The molecule has 5 heteroatoms. The van der Waals surface area contributed by atoms with E-state index in [1.807, 2.05) is 26.0 Å². The molecular formula is C17H27BrN2O2. The molecule has 1 heterocycles. The summed E-state index contributed by atoms with van der Waals surface area (Å²) in [6.45, 7) is 7.18. The molecule has 1 saturated heterocycles. The summed E-state index contributed by atoms with van der Waals surface area (Å²) in [5.74, 6) is 0.916. The van der Waals surface area contributed by atoms with Crippen LogP contribution in [-0.2, 0) is 11.3 Å². The first-order valence-corrected chi connectivity index (χ1v) is 8.64. The maximum atomic E-state index is 6.10. The molecule has 1 atom stereocenters. The average Bonchev–Trinajstić information content (AvgIpc) is 2.88. The summed E-state index contributed by atoms with van der Waals surface area (Å²) >= 11 is 3.60. The molecule has 0 bridgehead atoms. The van der Waals surface area contributed by atoms with E-state index in [4.69, 9.17) is 15.2 Å². The monoisotopic (exact) mass is 370 g/mol. The molecule has 0 amide bonds. The Hall–Kier alpha value is -0.620. The molecule has 0 aliphatic carbocycles. The first kappa shape index (κ1) is 17.7. The number of hydrogen-bond acceptors (Lipinski definition) is 4. The van der Waals surface area contributed by atoms with Gasteiger partial charge in [-0.1, -0.05) is 12.1 Å². The van der Waals surface area contributed by atoms with Crippen LogP contribution in [0.25, 0.3) is 0 Å². The third-order valence-electron chi connectivity index (χ3n) is 3.60. The quantitative estimate of drug-likeness (QED) is 0.800. The lowest BCUT2D eigenvalue weighted by atomic mass is 10.1. The van der Waals surface area contributed by atoms with E-state index in [2.05, 4.69) is 33.9 Å². The summed E-state index contributed by atoms with van der Waals surface area (Å²) in [7, 11) is 2.08. The predicted octanol–water partition coefficient (Wildman–Crippen LogP) is 3.18. The molecule has 2 N–H and O–H groups in total. The lowest BCUT2D eigenvalue weighted by Gasteiger charge is -2.27. The van der Waals surface area contributed by atoms with Crippen molar-refractivity contribution < 1.29 is 9.47 Å². The van der Waals surface area contributed by atoms with Crippen LogP contribution in [0.5, 0.6) is 5.75 Å². The van der Waals surface area contributed by atoms with Crippen LogP contribution < -0.4 is 10.5 Å². The Labute approximate surface area is 142 Å². The van der Waals surface area contributed by atoms with Crippen LogP contribution in [0.4, 0.5) is 0 Å². The second-order valence-electron chi connectivity index (χ2n) is 6.83. The van der Waals surface area contributed by atoms with E-state index in [1.165, 1.54) is 5.56 Å². The molecule has 4 nitrogen and oxygen atoms in total. The lowest BCUT2D eigenvalue weighted by molar-refractivity contribution is 0.0670. The molecule has 0 saturated carbocycles. The van der Waals surface area contributed by atoms with Gasteiger partial charge in [0.05, 0.1) is 10.6 Å². The Morgan fingerprint density at radius 1 is 1.45 bits per heavy atom. The topological polar surface area (TPSA) is 47.7 Å². The van der Waals surface area contributed by atoms with Gasteiger partial charge in [0.25, 0.3) is 0 Å². The second-order valence-corrected chi connectivity index (χ2v) is 7.69. The van der Waals surface area contributed by atoms with Crippen molar-refractivity contribution in [2.45, 2.75) is 44.9 Å². The number of benzene rings is 1. The molecule has 1 fully saturated rings. The van der Waals surface area contributed by atoms with Gasteiger partial charge in [-0.2, -0.15) is 0 Å². The maximum Gasteiger partial charge on any atom is 0.138 e. The Bertz CT molecular complexity index is 482. The largest absolute Gasteiger partial charge is 0.489 e. The standard InChI is InChI=1S/C17H27BrN2O2/c1-17(2,19)12-20(3)10-13-6-4-8-15(18)16(13)22-11-14-7-5-9-21-14/h4,6,8,14H,5,7,9-12,19H2,1-3H3. The van der Waals surface area contributed by atoms with Crippen LogP contribution in [0.15, 0.2) is 22.7 Å². The Kier molecular flexibility index (Phi) is 6.26. The average molecular weight is 371 g/mol. The van der Waals surface area contributed by atoms with Gasteiger partial charge >= 0.3 is 0 Å². The first-order chi connectivity index (χ1) is 10.3. The molecule has 1 aliphatic rings. The van der Waals surface area contributed by atoms with Gasteiger partial charge in [-0.3, -0.25) is 0 Å². The molecule has 0 aromatic heterocycles. The normalized spacial score (nSPS) is 18.9. The maximum absolute atomic E-state index is 6.10. The number of nitrogens with zero attached hydrogens (tertiary/aromatic N) is 1. The number of para-hydroxylation sites is 1. The van der Waals surface area contributed by atoms with Crippen molar-refractivity contribution in [3.8, 4) is 5.75 Å². The fourth-order valence-electron chi connectivity index (χ4n) is 2.83. The van der Waals surface area contributed by atoms with Crippen LogP contribution in [-0.4, -0.2) is 43.3 Å². The lowest BCUT2D eigenvalue weighted by Crippen LogP contribution is -2.43. The van der Waals surface area contributed by atoms with Crippen LogP contribution in [0.3, 0.4) is 0 Å². The van der Waals surface area contributed by atoms with Crippen molar-refractivity contribution >= 4 is 15.9 Å². The van der Waals surface area contributed by atoms with E-state index < -0.39 is 0 Å². The zero-order valence-corrected chi connectivity index (χ0v) is 15.4. The van der Waals surface area contributed by atoms with Crippen molar-refractivity contribution in [1.82, 2.24) is 4.90 Å². The zero-order chi connectivity index (χ0) is 16.2. The fraction of sp³-hybridized carbons (Fsp3) is 0.647. The van der Waals surface area contributed by atoms with Gasteiger partial charge in [-0.25, -0.2) is 0 Å². The highest BCUT2D eigenvalue weighted by atomic mass is 79.9. The molecule has 0 radical (unpaired) electrons. The number of ether oxygens (including phenoxy) is 2. The molecule has 124 valence electrons. The van der Waals surface area contributed by atoms with Gasteiger partial charge in [0, 0.05) is 30.8 Å². The van der Waals surface area contributed by atoms with Gasteiger partial charge in [0.1, 0.15) is 12.4 Å². The van der Waals surface area contributed by atoms with Crippen molar-refractivity contribution in [2.24, 2.45) is 5.73 Å². The molecule has 0 spiro atoms. The first-order valence-electron chi connectivity index (χ1n) is 7.84. The predicted molar refractivity (Wildman–Crippen MR) is 93.2 cm³/mol. The summed E-state index contributed by atoms with van der Waals surface area (Å²) in [4.78, 5) is 2.22. The Balaban J connectivity index is 2.01. The van der Waals surface area contributed by atoms with E-state index in [0.717, 1.165) is 42.8 Å². The molecule has 2 rings (SSSR count). The third-order valence-corrected chi connectivity index (χ3v) is 4.23. The number of hydrogen-bond donors (Lipinski definition) is 1. The SMILES string of the molecule is CN(Cc1cccc(Br)c1OCC1CCCO1)CC(C)(C)N. The molecule has 1 aliphatic heterocycles. The van der Waals surface area contributed by atoms with Crippen LogP contribution in [0.2, 0.25) is 0 Å². The fourth-order valence-corrected chi connectivity index (χ4v) is 3.36. The van der Waals surface area contributed by atoms with E-state index >= 15 is 0 Å². The smallest absolute Gasteiger partial charge is 0.138 e. The molecular weight excluding hydrogens is 344 g/mol. The number of likely N-dealkylation sites (N-methyl/N-ethyl adjacent to an activating group) is 1. The van der Waals surface area contributed by atoms with Crippen LogP contribution in [0, 0.1) is 0 Å². The summed E-state index contributed by atoms with van der Waals surface area (Å²) in [5, 5.41) is 0. The van der Waals surface area contributed by atoms with Crippen molar-refractivity contribution in [2.75, 3.05) is 26.8 Å². The van der Waals surface area contributed by atoms with E-state index in [-0.39, 0.29) is 11.6 Å². The highest BCUT2D eigenvalue weighted by Crippen LogP contribution is 2.30. The highest BCUT2D eigenvalue weighted by Gasteiger charge is 2.19. The summed E-state index contributed by atoms with van der Waals surface area (Å²) in [6, 6.07) is 6.16. The van der Waals surface area contributed by atoms with Gasteiger partial charge < -0.3 is 20.1 Å². The molecule has 1 aromatic carbocycles. The van der Waals surface area contributed by atoms with Crippen molar-refractivity contribution in [1.29, 1.82) is 0 Å². The zero-order valence-electron chi connectivity index (χ0n) is 13.8. The number of nitrogens with two attached hydrogens (primary N) is 1. The van der Waals surface area contributed by atoms with Gasteiger partial charge in [-0.15, -0.1) is 0 Å². The van der Waals surface area contributed by atoms with Crippen LogP contribution in [0.1, 0.15) is 32.3 Å².